The third kappa shape index (κ3) is 1.54. The first-order valence-electron chi connectivity index (χ1n) is 7.13. The van der Waals surface area contributed by atoms with E-state index in [1.54, 1.807) is 6.07 Å². The van der Waals surface area contributed by atoms with E-state index in [4.69, 9.17) is 27.2 Å². The first kappa shape index (κ1) is 9.30. The highest BCUT2D eigenvalue weighted by Gasteiger charge is 2.22. The van der Waals surface area contributed by atoms with Crippen LogP contribution in [0.2, 0.25) is 0 Å². The highest BCUT2D eigenvalue weighted by molar-refractivity contribution is 6.04. The molecule has 104 valence electrons. The zero-order valence-electron chi connectivity index (χ0n) is 13.7. The number of hydrogen-bond donors (Lipinski definition) is 0. The summed E-state index contributed by atoms with van der Waals surface area (Å²) in [7, 11) is -0.113. The maximum absolute atomic E-state index is 12.1. The maximum atomic E-state index is 12.1. The Labute approximate surface area is 117 Å². The fourth-order valence-corrected chi connectivity index (χ4v) is 2.20. The third-order valence-corrected chi connectivity index (χ3v) is 3.01. The van der Waals surface area contributed by atoms with E-state index < -0.39 is 18.4 Å². The molecule has 0 aliphatic rings. The zero-order chi connectivity index (χ0) is 16.8. The molecule has 3 aromatic rings. The molecular formula is C14H12O6. The van der Waals surface area contributed by atoms with Gasteiger partial charge in [-0.25, -0.2) is 4.79 Å². The van der Waals surface area contributed by atoms with E-state index in [0.29, 0.717) is 16.7 Å². The standard InChI is InChI=1S/C14H12O6/c1-16-11-7-4-5-19-8(7)6-9-10(11)12(17-2)13(18-3)14(15)20-9/h4-6H,1-3H3/i3D3. The van der Waals surface area contributed by atoms with Crippen molar-refractivity contribution in [2.45, 2.75) is 0 Å². The van der Waals surface area contributed by atoms with Crippen LogP contribution in [0.4, 0.5) is 0 Å². The second-order valence-corrected chi connectivity index (χ2v) is 3.97. The Kier molecular flexibility index (Phi) is 2.09. The average molecular weight is 279 g/mol. The van der Waals surface area contributed by atoms with Gasteiger partial charge in [0.1, 0.15) is 22.3 Å². The summed E-state index contributed by atoms with van der Waals surface area (Å²) < 4.78 is 47.3. The van der Waals surface area contributed by atoms with Gasteiger partial charge in [0, 0.05) is 6.07 Å². The molecule has 0 unspecified atom stereocenters. The quantitative estimate of drug-likeness (QED) is 0.686. The Morgan fingerprint density at radius 1 is 1.10 bits per heavy atom. The molecule has 0 saturated heterocycles. The molecule has 0 fully saturated rings. The van der Waals surface area contributed by atoms with Gasteiger partial charge in [0.2, 0.25) is 5.75 Å². The fraction of sp³-hybridized carbons (Fsp3) is 0.214. The zero-order valence-corrected chi connectivity index (χ0v) is 10.7. The van der Waals surface area contributed by atoms with Crippen molar-refractivity contribution >= 4 is 21.9 Å². The van der Waals surface area contributed by atoms with E-state index >= 15 is 0 Å². The molecule has 0 saturated carbocycles. The van der Waals surface area contributed by atoms with Crippen LogP contribution in [0.5, 0.6) is 17.2 Å². The summed E-state index contributed by atoms with van der Waals surface area (Å²) in [5.41, 5.74) is -0.397. The molecule has 2 aromatic heterocycles. The number of benzene rings is 1. The molecule has 1 aromatic carbocycles. The number of fused-ring (bicyclic) bond motifs is 2. The third-order valence-electron chi connectivity index (χ3n) is 3.01. The predicted octanol–water partition coefficient (Wildman–Crippen LogP) is 2.57. The van der Waals surface area contributed by atoms with Crippen LogP contribution in [0.3, 0.4) is 0 Å². The van der Waals surface area contributed by atoms with Crippen LogP contribution in [0.15, 0.2) is 32.0 Å². The molecule has 0 N–H and O–H groups in total. The smallest absolute Gasteiger partial charge is 0.383 e. The molecule has 0 aliphatic heterocycles. The molecule has 0 radical (unpaired) electrons. The molecule has 20 heavy (non-hydrogen) atoms. The van der Waals surface area contributed by atoms with Crippen LogP contribution in [0, 0.1) is 0 Å². The van der Waals surface area contributed by atoms with Crippen molar-refractivity contribution in [1.29, 1.82) is 0 Å². The summed E-state index contributed by atoms with van der Waals surface area (Å²) in [6.07, 6.45) is 1.45. The molecular weight excluding hydrogens is 264 g/mol. The molecule has 6 nitrogen and oxygen atoms in total. The van der Waals surface area contributed by atoms with Crippen LogP contribution in [-0.4, -0.2) is 21.3 Å². The lowest BCUT2D eigenvalue weighted by Crippen LogP contribution is -2.07. The number of methoxy groups -OCH3 is 3. The maximum Gasteiger partial charge on any atom is 0.383 e. The van der Waals surface area contributed by atoms with Gasteiger partial charge in [-0.1, -0.05) is 0 Å². The predicted molar refractivity (Wildman–Crippen MR) is 71.9 cm³/mol. The summed E-state index contributed by atoms with van der Waals surface area (Å²) in [4.78, 5) is 12.1. The van der Waals surface area contributed by atoms with Crippen LogP contribution in [0.1, 0.15) is 4.11 Å². The van der Waals surface area contributed by atoms with E-state index in [0.717, 1.165) is 0 Å². The monoisotopic (exact) mass is 279 g/mol. The SMILES string of the molecule is [2H]C([2H])([2H])Oc1c(OC)c2c(OC)c3ccoc3cc2oc1=O. The topological polar surface area (TPSA) is 71.0 Å². The Balaban J connectivity index is 2.45. The van der Waals surface area contributed by atoms with Crippen molar-refractivity contribution in [3.05, 3.63) is 28.8 Å². The Morgan fingerprint density at radius 2 is 1.90 bits per heavy atom. The molecule has 3 rings (SSSR count). The van der Waals surface area contributed by atoms with Gasteiger partial charge in [-0.2, -0.15) is 0 Å². The van der Waals surface area contributed by atoms with E-state index in [2.05, 4.69) is 0 Å². The van der Waals surface area contributed by atoms with E-state index in [1.165, 1.54) is 26.5 Å². The van der Waals surface area contributed by atoms with Gasteiger partial charge < -0.3 is 23.0 Å². The van der Waals surface area contributed by atoms with Crippen molar-refractivity contribution in [3.63, 3.8) is 0 Å². The van der Waals surface area contributed by atoms with Gasteiger partial charge in [-0.3, -0.25) is 0 Å². The molecule has 2 heterocycles. The fourth-order valence-electron chi connectivity index (χ4n) is 2.20. The lowest BCUT2D eigenvalue weighted by Gasteiger charge is -2.12. The highest BCUT2D eigenvalue weighted by atomic mass is 16.5. The Morgan fingerprint density at radius 3 is 2.60 bits per heavy atom. The molecule has 0 spiro atoms. The molecule has 0 amide bonds. The Hall–Kier alpha value is -2.63. The van der Waals surface area contributed by atoms with Crippen molar-refractivity contribution in [1.82, 2.24) is 0 Å². The lowest BCUT2D eigenvalue weighted by atomic mass is 10.1. The van der Waals surface area contributed by atoms with Gasteiger partial charge in [-0.05, 0) is 6.07 Å². The first-order chi connectivity index (χ1) is 10.9. The lowest BCUT2D eigenvalue weighted by molar-refractivity contribution is 0.336. The number of ether oxygens (including phenoxy) is 3. The van der Waals surface area contributed by atoms with Crippen LogP contribution < -0.4 is 19.8 Å². The average Bonchev–Trinajstić information content (AvgIpc) is 2.92. The minimum atomic E-state index is -2.83. The molecule has 0 atom stereocenters. The van der Waals surface area contributed by atoms with Gasteiger partial charge >= 0.3 is 5.63 Å². The number of rotatable bonds is 3. The van der Waals surface area contributed by atoms with E-state index in [-0.39, 0.29) is 16.7 Å². The largest absolute Gasteiger partial charge is 0.495 e. The summed E-state index contributed by atoms with van der Waals surface area (Å²) in [5, 5.41) is 0.898. The summed E-state index contributed by atoms with van der Waals surface area (Å²) in [6.45, 7) is 0. The second-order valence-electron chi connectivity index (χ2n) is 3.97. The van der Waals surface area contributed by atoms with Gasteiger partial charge in [-0.15, -0.1) is 0 Å². The summed E-state index contributed by atoms with van der Waals surface area (Å²) >= 11 is 0. The van der Waals surface area contributed by atoms with Crippen molar-refractivity contribution < 1.29 is 27.2 Å². The van der Waals surface area contributed by atoms with Crippen molar-refractivity contribution in [2.75, 3.05) is 21.3 Å². The highest BCUT2D eigenvalue weighted by Crippen LogP contribution is 2.43. The van der Waals surface area contributed by atoms with E-state index in [1.807, 2.05) is 0 Å². The molecule has 0 aliphatic carbocycles. The minimum absolute atomic E-state index is 0.0766. The van der Waals surface area contributed by atoms with Crippen LogP contribution >= 0.6 is 0 Å². The summed E-state index contributed by atoms with van der Waals surface area (Å²) in [5.74, 6) is -0.296. The normalized spacial score (nSPS) is 13.8. The molecule has 0 bridgehead atoms. The second kappa shape index (κ2) is 4.48. The minimum Gasteiger partial charge on any atom is -0.495 e. The van der Waals surface area contributed by atoms with Crippen molar-refractivity contribution in [2.24, 2.45) is 0 Å². The van der Waals surface area contributed by atoms with Gasteiger partial charge in [0.05, 0.1) is 37.0 Å². The van der Waals surface area contributed by atoms with Crippen molar-refractivity contribution in [3.8, 4) is 17.2 Å². The Bertz CT molecular complexity index is 937. The molecule has 6 heteroatoms. The van der Waals surface area contributed by atoms with Gasteiger partial charge in [0.15, 0.2) is 5.75 Å². The summed E-state index contributed by atoms with van der Waals surface area (Å²) in [6, 6.07) is 3.17. The number of furan rings is 1. The van der Waals surface area contributed by atoms with E-state index in [9.17, 15) is 4.79 Å². The first-order valence-corrected chi connectivity index (χ1v) is 5.63. The van der Waals surface area contributed by atoms with Crippen LogP contribution in [-0.2, 0) is 0 Å². The van der Waals surface area contributed by atoms with Crippen LogP contribution in [0.25, 0.3) is 21.9 Å². The number of hydrogen-bond acceptors (Lipinski definition) is 6. The van der Waals surface area contributed by atoms with Gasteiger partial charge in [0.25, 0.3) is 0 Å².